The van der Waals surface area contributed by atoms with Crippen LogP contribution in [0.15, 0.2) is 30.5 Å². The molecule has 0 unspecified atom stereocenters. The van der Waals surface area contributed by atoms with E-state index in [1.807, 2.05) is 24.3 Å². The van der Waals surface area contributed by atoms with Crippen LogP contribution in [0.2, 0.25) is 5.02 Å². The molecule has 0 aliphatic rings. The van der Waals surface area contributed by atoms with E-state index in [4.69, 9.17) is 21.6 Å². The summed E-state index contributed by atoms with van der Waals surface area (Å²) in [5.74, 6) is 0. The summed E-state index contributed by atoms with van der Waals surface area (Å²) < 4.78 is 5.14. The van der Waals surface area contributed by atoms with Crippen molar-refractivity contribution in [2.24, 2.45) is 0 Å². The lowest BCUT2D eigenvalue weighted by atomic mass is 10.1. The van der Waals surface area contributed by atoms with Gasteiger partial charge in [0.15, 0.2) is 0 Å². The fourth-order valence-electron chi connectivity index (χ4n) is 2.26. The first kappa shape index (κ1) is 15.7. The van der Waals surface area contributed by atoms with Gasteiger partial charge in [-0.1, -0.05) is 17.7 Å². The molecule has 5 heteroatoms. The van der Waals surface area contributed by atoms with E-state index in [-0.39, 0.29) is 0 Å². The summed E-state index contributed by atoms with van der Waals surface area (Å²) in [4.78, 5) is 6.65. The molecule has 21 heavy (non-hydrogen) atoms. The van der Waals surface area contributed by atoms with Crippen LogP contribution in [0.25, 0.3) is 10.9 Å². The first-order valence-corrected chi connectivity index (χ1v) is 7.24. The number of benzene rings is 1. The quantitative estimate of drug-likeness (QED) is 0.788. The Balaban J connectivity index is 2.23. The Morgan fingerprint density at radius 3 is 2.95 bits per heavy atom. The number of nitrogens with zero attached hydrogens (tertiary/aromatic N) is 3. The maximum atomic E-state index is 8.78. The average molecular weight is 304 g/mol. The highest BCUT2D eigenvalue weighted by Gasteiger charge is 2.10. The molecule has 4 nitrogen and oxygen atoms in total. The Bertz CT molecular complexity index is 639. The number of aromatic nitrogens is 1. The zero-order valence-electron chi connectivity index (χ0n) is 12.1. The van der Waals surface area contributed by atoms with Crippen LogP contribution < -0.4 is 0 Å². The predicted molar refractivity (Wildman–Crippen MR) is 84.1 cm³/mol. The molecule has 0 N–H and O–H groups in total. The highest BCUT2D eigenvalue weighted by atomic mass is 35.5. The molecule has 0 bridgehead atoms. The first-order chi connectivity index (χ1) is 10.3. The second-order valence-corrected chi connectivity index (χ2v) is 5.19. The van der Waals surface area contributed by atoms with Gasteiger partial charge in [0.25, 0.3) is 0 Å². The molecular formula is C16H18ClN3O. The Labute approximate surface area is 129 Å². The van der Waals surface area contributed by atoms with E-state index < -0.39 is 0 Å². The molecule has 0 aliphatic carbocycles. The molecule has 0 saturated heterocycles. The third-order valence-electron chi connectivity index (χ3n) is 3.35. The van der Waals surface area contributed by atoms with E-state index in [1.54, 1.807) is 13.3 Å². The van der Waals surface area contributed by atoms with Crippen LogP contribution in [0.4, 0.5) is 0 Å². The van der Waals surface area contributed by atoms with Gasteiger partial charge < -0.3 is 4.74 Å². The van der Waals surface area contributed by atoms with Crippen LogP contribution in [0.5, 0.6) is 0 Å². The molecule has 0 radical (unpaired) electrons. The maximum absolute atomic E-state index is 8.78. The van der Waals surface area contributed by atoms with Gasteiger partial charge in [0.05, 0.1) is 18.2 Å². The Hall–Kier alpha value is -1.67. The third-order valence-corrected chi connectivity index (χ3v) is 3.68. The fraction of sp³-hybridized carbons (Fsp3) is 0.375. The van der Waals surface area contributed by atoms with Crippen LogP contribution in [0, 0.1) is 11.3 Å². The number of rotatable bonds is 7. The molecule has 0 atom stereocenters. The highest BCUT2D eigenvalue weighted by molar-refractivity contribution is 6.35. The van der Waals surface area contributed by atoms with E-state index in [9.17, 15) is 0 Å². The van der Waals surface area contributed by atoms with Gasteiger partial charge in [-0.25, -0.2) is 0 Å². The second-order valence-electron chi connectivity index (χ2n) is 4.78. The summed E-state index contributed by atoms with van der Waals surface area (Å²) in [6, 6.07) is 9.95. The number of methoxy groups -OCH3 is 1. The van der Waals surface area contributed by atoms with Crippen LogP contribution in [0.1, 0.15) is 12.0 Å². The van der Waals surface area contributed by atoms with Gasteiger partial charge in [-0.15, -0.1) is 0 Å². The molecule has 2 rings (SSSR count). The molecule has 1 aromatic heterocycles. The standard InChI is InChI=1S/C16H18ClN3O/c1-21-11-10-20(9-3-7-18)12-13-5-6-15(17)14-4-2-8-19-16(13)14/h2,4-6,8H,3,9-12H2,1H3. The van der Waals surface area contributed by atoms with Crippen LogP contribution in [-0.4, -0.2) is 36.7 Å². The lowest BCUT2D eigenvalue weighted by Gasteiger charge is -2.21. The fourth-order valence-corrected chi connectivity index (χ4v) is 2.48. The van der Waals surface area contributed by atoms with Gasteiger partial charge >= 0.3 is 0 Å². The van der Waals surface area contributed by atoms with Crippen molar-refractivity contribution in [2.75, 3.05) is 26.8 Å². The van der Waals surface area contributed by atoms with Crippen molar-refractivity contribution in [3.05, 3.63) is 41.0 Å². The molecule has 1 aromatic carbocycles. The summed E-state index contributed by atoms with van der Waals surface area (Å²) in [5.41, 5.74) is 2.04. The molecular weight excluding hydrogens is 286 g/mol. The molecule has 1 heterocycles. The van der Waals surface area contributed by atoms with Crippen molar-refractivity contribution in [3.63, 3.8) is 0 Å². The number of hydrogen-bond donors (Lipinski definition) is 0. The summed E-state index contributed by atoms with van der Waals surface area (Å²) in [5, 5.41) is 10.4. The smallest absolute Gasteiger partial charge is 0.0761 e. The zero-order valence-corrected chi connectivity index (χ0v) is 12.8. The van der Waals surface area contributed by atoms with E-state index in [1.165, 1.54) is 0 Å². The number of halogens is 1. The number of fused-ring (bicyclic) bond motifs is 1. The molecule has 110 valence electrons. The van der Waals surface area contributed by atoms with Gasteiger partial charge in [0, 0.05) is 49.8 Å². The first-order valence-electron chi connectivity index (χ1n) is 6.86. The molecule has 0 saturated carbocycles. The van der Waals surface area contributed by atoms with Crippen molar-refractivity contribution in [1.82, 2.24) is 9.88 Å². The van der Waals surface area contributed by atoms with Gasteiger partial charge in [-0.2, -0.15) is 5.26 Å². The lowest BCUT2D eigenvalue weighted by Crippen LogP contribution is -2.28. The Morgan fingerprint density at radius 1 is 1.33 bits per heavy atom. The Kier molecular flexibility index (Phi) is 5.94. The Morgan fingerprint density at radius 2 is 2.19 bits per heavy atom. The summed E-state index contributed by atoms with van der Waals surface area (Å²) >= 11 is 6.22. The van der Waals surface area contributed by atoms with Crippen molar-refractivity contribution >= 4 is 22.5 Å². The monoisotopic (exact) mass is 303 g/mol. The number of pyridine rings is 1. The van der Waals surface area contributed by atoms with E-state index in [2.05, 4.69) is 16.0 Å². The number of nitriles is 1. The minimum absolute atomic E-state index is 0.503. The summed E-state index contributed by atoms with van der Waals surface area (Å²) in [6.07, 6.45) is 2.28. The van der Waals surface area contributed by atoms with Crippen LogP contribution in [-0.2, 0) is 11.3 Å². The SMILES string of the molecule is COCCN(CCC#N)Cc1ccc(Cl)c2cccnc12. The normalized spacial score (nSPS) is 11.0. The van der Waals surface area contributed by atoms with Gasteiger partial charge in [-0.3, -0.25) is 9.88 Å². The number of hydrogen-bond acceptors (Lipinski definition) is 4. The second kappa shape index (κ2) is 7.94. The lowest BCUT2D eigenvalue weighted by molar-refractivity contribution is 0.145. The molecule has 0 aliphatic heterocycles. The van der Waals surface area contributed by atoms with Crippen molar-refractivity contribution in [3.8, 4) is 6.07 Å². The van der Waals surface area contributed by atoms with Crippen LogP contribution >= 0.6 is 11.6 Å². The van der Waals surface area contributed by atoms with Crippen molar-refractivity contribution in [1.29, 1.82) is 5.26 Å². The van der Waals surface area contributed by atoms with E-state index >= 15 is 0 Å². The molecule has 0 amide bonds. The van der Waals surface area contributed by atoms with Crippen molar-refractivity contribution in [2.45, 2.75) is 13.0 Å². The summed E-state index contributed by atoms with van der Waals surface area (Å²) in [7, 11) is 1.68. The molecule has 0 spiro atoms. The largest absolute Gasteiger partial charge is 0.383 e. The third kappa shape index (κ3) is 4.15. The average Bonchev–Trinajstić information content (AvgIpc) is 2.52. The van der Waals surface area contributed by atoms with E-state index in [0.717, 1.165) is 36.1 Å². The topological polar surface area (TPSA) is 49.1 Å². The van der Waals surface area contributed by atoms with Crippen LogP contribution in [0.3, 0.4) is 0 Å². The summed E-state index contributed by atoms with van der Waals surface area (Å²) in [6.45, 7) is 2.88. The molecule has 0 fully saturated rings. The maximum Gasteiger partial charge on any atom is 0.0761 e. The molecule has 2 aromatic rings. The van der Waals surface area contributed by atoms with Gasteiger partial charge in [0.1, 0.15) is 0 Å². The number of ether oxygens (including phenoxy) is 1. The minimum atomic E-state index is 0.503. The highest BCUT2D eigenvalue weighted by Crippen LogP contribution is 2.25. The van der Waals surface area contributed by atoms with Crippen molar-refractivity contribution < 1.29 is 4.74 Å². The minimum Gasteiger partial charge on any atom is -0.383 e. The zero-order chi connectivity index (χ0) is 15.1. The van der Waals surface area contributed by atoms with E-state index in [0.29, 0.717) is 18.1 Å². The predicted octanol–water partition coefficient (Wildman–Crippen LogP) is 3.25. The van der Waals surface area contributed by atoms with Gasteiger partial charge in [-0.05, 0) is 23.8 Å². The van der Waals surface area contributed by atoms with Gasteiger partial charge in [0.2, 0.25) is 0 Å².